The molecule has 0 aliphatic rings. The highest BCUT2D eigenvalue weighted by molar-refractivity contribution is 8.00. The molecule has 0 fully saturated rings. The Balaban J connectivity index is 1.62. The minimum atomic E-state index is -0.181. The molecule has 2 aromatic carbocycles. The lowest BCUT2D eigenvalue weighted by Gasteiger charge is -2.05. The molecule has 4 nitrogen and oxygen atoms in total. The molecular weight excluding hydrogens is 409 g/mol. The highest BCUT2D eigenvalue weighted by Crippen LogP contribution is 2.30. The van der Waals surface area contributed by atoms with Crippen molar-refractivity contribution in [3.63, 3.8) is 0 Å². The van der Waals surface area contributed by atoms with Crippen LogP contribution in [-0.4, -0.2) is 16.1 Å². The van der Waals surface area contributed by atoms with E-state index in [0.29, 0.717) is 26.5 Å². The fourth-order valence-electron chi connectivity index (χ4n) is 2.33. The number of carbonyl (C=O) groups is 1. The van der Waals surface area contributed by atoms with E-state index in [1.54, 1.807) is 6.07 Å². The van der Waals surface area contributed by atoms with Gasteiger partial charge in [0, 0.05) is 11.3 Å². The molecule has 3 rings (SSSR count). The van der Waals surface area contributed by atoms with Crippen molar-refractivity contribution in [2.45, 2.75) is 23.9 Å². The van der Waals surface area contributed by atoms with Crippen LogP contribution in [0.3, 0.4) is 0 Å². The van der Waals surface area contributed by atoms with Crippen LogP contribution >= 0.6 is 46.3 Å². The van der Waals surface area contributed by atoms with Gasteiger partial charge in [0.25, 0.3) is 5.91 Å². The third-order valence-electron chi connectivity index (χ3n) is 3.60. The van der Waals surface area contributed by atoms with E-state index in [4.69, 9.17) is 23.2 Å². The summed E-state index contributed by atoms with van der Waals surface area (Å²) in [6.45, 7) is 3.91. The number of halogens is 2. The predicted molar refractivity (Wildman–Crippen MR) is 110 cm³/mol. The summed E-state index contributed by atoms with van der Waals surface area (Å²) in [4.78, 5) is 12.4. The number of hydrogen-bond donors (Lipinski definition) is 1. The number of benzene rings is 2. The predicted octanol–water partition coefficient (Wildman–Crippen LogP) is 6.01. The van der Waals surface area contributed by atoms with E-state index in [9.17, 15) is 4.79 Å². The summed E-state index contributed by atoms with van der Waals surface area (Å²) in [5, 5.41) is 12.5. The summed E-state index contributed by atoms with van der Waals surface area (Å²) in [6.07, 6.45) is 0. The van der Waals surface area contributed by atoms with Crippen molar-refractivity contribution < 1.29 is 4.79 Å². The topological polar surface area (TPSA) is 54.9 Å². The van der Waals surface area contributed by atoms with Crippen LogP contribution < -0.4 is 5.32 Å². The van der Waals surface area contributed by atoms with E-state index in [1.165, 1.54) is 23.1 Å². The van der Waals surface area contributed by atoms with E-state index in [-0.39, 0.29) is 5.91 Å². The lowest BCUT2D eigenvalue weighted by atomic mass is 10.1. The first kappa shape index (κ1) is 19.2. The molecule has 0 aliphatic carbocycles. The molecule has 0 bridgehead atoms. The van der Waals surface area contributed by atoms with E-state index in [0.717, 1.165) is 21.0 Å². The molecule has 1 heterocycles. The van der Waals surface area contributed by atoms with Crippen molar-refractivity contribution in [3.8, 4) is 0 Å². The summed E-state index contributed by atoms with van der Waals surface area (Å²) >= 11 is 14.8. The number of aryl methyl sites for hydroxylation is 2. The molecule has 0 radical (unpaired) electrons. The summed E-state index contributed by atoms with van der Waals surface area (Å²) < 4.78 is 0.770. The van der Waals surface area contributed by atoms with Crippen LogP contribution in [0.1, 0.15) is 27.0 Å². The smallest absolute Gasteiger partial charge is 0.257 e. The fraction of sp³-hybridized carbons (Fsp3) is 0.167. The van der Waals surface area contributed by atoms with Crippen molar-refractivity contribution in [2.24, 2.45) is 0 Å². The van der Waals surface area contributed by atoms with E-state index in [2.05, 4.69) is 15.5 Å². The van der Waals surface area contributed by atoms with Crippen LogP contribution in [0.15, 0.2) is 40.7 Å². The monoisotopic (exact) mass is 423 g/mol. The quantitative estimate of drug-likeness (QED) is 0.403. The molecule has 26 heavy (non-hydrogen) atoms. The number of nitrogens with zero attached hydrogens (tertiary/aromatic N) is 2. The highest BCUT2D eigenvalue weighted by Gasteiger charge is 2.13. The molecule has 0 atom stereocenters. The second-order valence-electron chi connectivity index (χ2n) is 5.68. The Labute approximate surface area is 169 Å². The molecule has 0 spiro atoms. The first-order valence-electron chi connectivity index (χ1n) is 7.71. The molecule has 0 unspecified atom stereocenters. The van der Waals surface area contributed by atoms with Crippen LogP contribution in [0, 0.1) is 13.8 Å². The van der Waals surface area contributed by atoms with Gasteiger partial charge in [-0.3, -0.25) is 10.1 Å². The summed E-state index contributed by atoms with van der Waals surface area (Å²) in [7, 11) is 0. The Morgan fingerprint density at radius 3 is 2.65 bits per heavy atom. The van der Waals surface area contributed by atoms with E-state index >= 15 is 0 Å². The fourth-order valence-corrected chi connectivity index (χ4v) is 4.34. The van der Waals surface area contributed by atoms with Gasteiger partial charge in [0.15, 0.2) is 4.34 Å². The second kappa shape index (κ2) is 8.39. The summed E-state index contributed by atoms with van der Waals surface area (Å²) in [5.74, 6) is 0.510. The van der Waals surface area contributed by atoms with Gasteiger partial charge in [0.1, 0.15) is 0 Å². The first-order valence-corrected chi connectivity index (χ1v) is 10.3. The van der Waals surface area contributed by atoms with Crippen LogP contribution in [0.5, 0.6) is 0 Å². The van der Waals surface area contributed by atoms with Gasteiger partial charge in [0.2, 0.25) is 5.13 Å². The second-order valence-corrected chi connectivity index (χ2v) is 8.70. The van der Waals surface area contributed by atoms with Gasteiger partial charge in [-0.25, -0.2) is 0 Å². The molecule has 0 aliphatic heterocycles. The van der Waals surface area contributed by atoms with E-state index in [1.807, 2.05) is 44.2 Å². The minimum absolute atomic E-state index is 0.181. The van der Waals surface area contributed by atoms with Crippen molar-refractivity contribution in [1.29, 1.82) is 0 Å². The van der Waals surface area contributed by atoms with Gasteiger partial charge in [0.05, 0.1) is 10.0 Å². The van der Waals surface area contributed by atoms with E-state index < -0.39 is 0 Å². The molecule has 3 aromatic rings. The Hall–Kier alpha value is -1.60. The lowest BCUT2D eigenvalue weighted by molar-refractivity contribution is 0.102. The van der Waals surface area contributed by atoms with Crippen molar-refractivity contribution in [3.05, 3.63) is 68.7 Å². The number of amides is 1. The Morgan fingerprint density at radius 1 is 1.12 bits per heavy atom. The summed E-state index contributed by atoms with van der Waals surface area (Å²) in [6, 6.07) is 11.2. The average Bonchev–Trinajstić information content (AvgIpc) is 3.03. The maximum atomic E-state index is 12.4. The lowest BCUT2D eigenvalue weighted by Crippen LogP contribution is -2.13. The zero-order chi connectivity index (χ0) is 18.7. The van der Waals surface area contributed by atoms with Gasteiger partial charge in [-0.05, 0) is 43.2 Å². The van der Waals surface area contributed by atoms with Gasteiger partial charge in [-0.2, -0.15) is 0 Å². The molecule has 1 N–H and O–H groups in total. The van der Waals surface area contributed by atoms with Crippen LogP contribution in [0.2, 0.25) is 10.0 Å². The molecule has 134 valence electrons. The number of aromatic nitrogens is 2. The minimum Gasteiger partial charge on any atom is -0.296 e. The zero-order valence-electron chi connectivity index (χ0n) is 14.0. The maximum Gasteiger partial charge on any atom is 0.257 e. The standard InChI is InChI=1S/C18H15Cl2N3OS2/c1-10-3-5-13(11(2)7-10)16(24)21-17-22-23-18(26-17)25-9-12-4-6-14(19)15(20)8-12/h3-8H,9H2,1-2H3,(H,21,22,24). The van der Waals surface area contributed by atoms with Crippen molar-refractivity contribution in [1.82, 2.24) is 10.2 Å². The van der Waals surface area contributed by atoms with Gasteiger partial charge < -0.3 is 0 Å². The number of nitrogens with one attached hydrogen (secondary N) is 1. The number of anilines is 1. The molecular formula is C18H15Cl2N3OS2. The normalized spacial score (nSPS) is 10.8. The summed E-state index contributed by atoms with van der Waals surface area (Å²) in [5.41, 5.74) is 3.73. The Kier molecular flexibility index (Phi) is 6.19. The third-order valence-corrected chi connectivity index (χ3v) is 6.38. The van der Waals surface area contributed by atoms with Crippen molar-refractivity contribution in [2.75, 3.05) is 5.32 Å². The van der Waals surface area contributed by atoms with Crippen LogP contribution in [-0.2, 0) is 5.75 Å². The van der Waals surface area contributed by atoms with Gasteiger partial charge in [-0.1, -0.05) is 70.1 Å². The van der Waals surface area contributed by atoms with Crippen molar-refractivity contribution >= 4 is 57.3 Å². The molecule has 1 amide bonds. The maximum absolute atomic E-state index is 12.4. The number of hydrogen-bond acceptors (Lipinski definition) is 5. The first-order chi connectivity index (χ1) is 12.4. The van der Waals surface area contributed by atoms with Gasteiger partial charge in [-0.15, -0.1) is 10.2 Å². The SMILES string of the molecule is Cc1ccc(C(=O)Nc2nnc(SCc3ccc(Cl)c(Cl)c3)s2)c(C)c1. The zero-order valence-corrected chi connectivity index (χ0v) is 17.2. The number of thioether (sulfide) groups is 1. The molecule has 0 saturated heterocycles. The van der Waals surface area contributed by atoms with Gasteiger partial charge >= 0.3 is 0 Å². The van der Waals surface area contributed by atoms with Crippen LogP contribution in [0.4, 0.5) is 5.13 Å². The third kappa shape index (κ3) is 4.76. The molecule has 1 aromatic heterocycles. The largest absolute Gasteiger partial charge is 0.296 e. The Morgan fingerprint density at radius 2 is 1.92 bits per heavy atom. The number of rotatable bonds is 5. The van der Waals surface area contributed by atoms with Crippen LogP contribution in [0.25, 0.3) is 0 Å². The molecule has 8 heteroatoms. The Bertz CT molecular complexity index is 959. The molecule has 0 saturated carbocycles. The average molecular weight is 424 g/mol. The highest BCUT2D eigenvalue weighted by atomic mass is 35.5. The number of carbonyl (C=O) groups excluding carboxylic acids is 1.